The predicted octanol–water partition coefficient (Wildman–Crippen LogP) is 3.51. The topological polar surface area (TPSA) is 98.2 Å². The van der Waals surface area contributed by atoms with Crippen LogP contribution in [0.4, 0.5) is 5.82 Å². The van der Waals surface area contributed by atoms with Crippen LogP contribution in [-0.4, -0.2) is 33.4 Å². The summed E-state index contributed by atoms with van der Waals surface area (Å²) >= 11 is 0. The van der Waals surface area contributed by atoms with Crippen LogP contribution in [0.3, 0.4) is 0 Å². The standard InChI is InChI=1S/C24H22N6O/c1-15(24(31)27-12-16-5-3-2-4-6-16)30-14-20-22(29-30)19-8-7-17(18-9-10-26-13-18)11-21(19)28-23(20)25/h2-11,14-15H,12-13H2,1H3,(H2,25,28)(H,27,31). The maximum Gasteiger partial charge on any atom is 0.244 e. The first-order valence-electron chi connectivity index (χ1n) is 10.2. The van der Waals surface area contributed by atoms with E-state index < -0.39 is 6.04 Å². The van der Waals surface area contributed by atoms with E-state index in [2.05, 4.69) is 21.4 Å². The van der Waals surface area contributed by atoms with Gasteiger partial charge in [-0.25, -0.2) is 4.98 Å². The third kappa shape index (κ3) is 3.54. The molecule has 1 aliphatic rings. The summed E-state index contributed by atoms with van der Waals surface area (Å²) in [5.74, 6) is 0.294. The number of nitrogens with two attached hydrogens (primary N) is 1. The summed E-state index contributed by atoms with van der Waals surface area (Å²) in [5.41, 5.74) is 11.0. The Morgan fingerprint density at radius 1 is 1.19 bits per heavy atom. The normalized spacial score (nSPS) is 14.2. The van der Waals surface area contributed by atoms with Crippen LogP contribution in [0.1, 0.15) is 24.1 Å². The van der Waals surface area contributed by atoms with Gasteiger partial charge in [-0.1, -0.05) is 36.4 Å². The fraction of sp³-hybridized carbons (Fsp3) is 0.167. The van der Waals surface area contributed by atoms with E-state index in [9.17, 15) is 4.79 Å². The molecule has 0 saturated carbocycles. The van der Waals surface area contributed by atoms with Crippen molar-refractivity contribution in [1.29, 1.82) is 0 Å². The molecule has 31 heavy (non-hydrogen) atoms. The second kappa shape index (κ2) is 7.68. The zero-order valence-corrected chi connectivity index (χ0v) is 17.1. The molecule has 4 aromatic rings. The molecule has 1 unspecified atom stereocenters. The van der Waals surface area contributed by atoms with Crippen molar-refractivity contribution in [1.82, 2.24) is 20.1 Å². The molecular formula is C24H22N6O. The van der Waals surface area contributed by atoms with Gasteiger partial charge >= 0.3 is 0 Å². The number of hydrogen-bond acceptors (Lipinski definition) is 5. The number of allylic oxidation sites excluding steroid dienone is 1. The maximum atomic E-state index is 12.7. The molecule has 0 fully saturated rings. The lowest BCUT2D eigenvalue weighted by molar-refractivity contribution is -0.124. The average Bonchev–Trinajstić information content (AvgIpc) is 3.48. The summed E-state index contributed by atoms with van der Waals surface area (Å²) < 4.78 is 1.66. The number of aliphatic imine (C=N–C) groups is 1. The van der Waals surface area contributed by atoms with Crippen LogP contribution in [0.15, 0.2) is 65.8 Å². The molecule has 7 heteroatoms. The van der Waals surface area contributed by atoms with Crippen molar-refractivity contribution in [3.05, 3.63) is 71.9 Å². The molecule has 1 atom stereocenters. The summed E-state index contributed by atoms with van der Waals surface area (Å²) in [6.45, 7) is 2.97. The zero-order valence-electron chi connectivity index (χ0n) is 17.1. The Hall–Kier alpha value is -4.00. The van der Waals surface area contributed by atoms with E-state index in [0.717, 1.165) is 38.5 Å². The highest BCUT2D eigenvalue weighted by molar-refractivity contribution is 6.08. The fourth-order valence-corrected chi connectivity index (χ4v) is 3.78. The number of nitrogens with zero attached hydrogens (tertiary/aromatic N) is 4. The largest absolute Gasteiger partial charge is 0.383 e. The molecule has 0 aliphatic carbocycles. The van der Waals surface area contributed by atoms with Crippen LogP contribution in [0.5, 0.6) is 0 Å². The van der Waals surface area contributed by atoms with Gasteiger partial charge in [-0.2, -0.15) is 5.10 Å². The molecule has 3 N–H and O–H groups in total. The van der Waals surface area contributed by atoms with Crippen molar-refractivity contribution >= 4 is 45.3 Å². The number of anilines is 1. The van der Waals surface area contributed by atoms with Gasteiger partial charge in [-0.15, -0.1) is 0 Å². The van der Waals surface area contributed by atoms with Crippen LogP contribution in [-0.2, 0) is 11.3 Å². The van der Waals surface area contributed by atoms with Crippen LogP contribution in [0, 0.1) is 0 Å². The number of nitrogen functional groups attached to an aromatic ring is 1. The number of carbonyl (C=O) groups is 1. The highest BCUT2D eigenvalue weighted by atomic mass is 16.2. The Balaban J connectivity index is 1.45. The first-order valence-corrected chi connectivity index (χ1v) is 10.2. The smallest absolute Gasteiger partial charge is 0.244 e. The SMILES string of the molecule is CC(C(=O)NCc1ccccc1)n1cc2c(N)nc3cc(C4=CC=NC4)ccc3c2n1. The number of carbonyl (C=O) groups excluding carboxylic acids is 1. The number of aromatic nitrogens is 3. The Labute approximate surface area is 179 Å². The van der Waals surface area contributed by atoms with Gasteiger partial charge in [0.05, 0.1) is 17.4 Å². The number of hydrogen-bond donors (Lipinski definition) is 2. The van der Waals surface area contributed by atoms with Gasteiger partial charge in [0, 0.05) is 24.3 Å². The molecule has 3 heterocycles. The van der Waals surface area contributed by atoms with Gasteiger partial charge < -0.3 is 11.1 Å². The minimum atomic E-state index is -0.481. The molecule has 2 aromatic heterocycles. The minimum Gasteiger partial charge on any atom is -0.383 e. The molecule has 2 aromatic carbocycles. The van der Waals surface area contributed by atoms with Gasteiger partial charge in [0.15, 0.2) is 0 Å². The summed E-state index contributed by atoms with van der Waals surface area (Å²) in [7, 11) is 0. The number of rotatable bonds is 5. The molecule has 1 aliphatic heterocycles. The van der Waals surface area contributed by atoms with Gasteiger partial charge in [0.2, 0.25) is 5.91 Å². The summed E-state index contributed by atoms with van der Waals surface area (Å²) in [6, 6.07) is 15.4. The maximum absolute atomic E-state index is 12.7. The first kappa shape index (κ1) is 19.0. The first-order chi connectivity index (χ1) is 15.1. The molecule has 154 valence electrons. The quantitative estimate of drug-likeness (QED) is 0.526. The summed E-state index contributed by atoms with van der Waals surface area (Å²) in [4.78, 5) is 21.5. The summed E-state index contributed by atoms with van der Waals surface area (Å²) in [6.07, 6.45) is 5.62. The molecule has 0 radical (unpaired) electrons. The van der Waals surface area contributed by atoms with Crippen molar-refractivity contribution in [2.24, 2.45) is 4.99 Å². The molecule has 1 amide bonds. The van der Waals surface area contributed by atoms with Crippen molar-refractivity contribution < 1.29 is 4.79 Å². The monoisotopic (exact) mass is 410 g/mol. The Bertz CT molecular complexity index is 1350. The van der Waals surface area contributed by atoms with Crippen LogP contribution >= 0.6 is 0 Å². The fourth-order valence-electron chi connectivity index (χ4n) is 3.78. The minimum absolute atomic E-state index is 0.108. The third-order valence-corrected chi connectivity index (χ3v) is 5.60. The lowest BCUT2D eigenvalue weighted by atomic mass is 10.0. The van der Waals surface area contributed by atoms with Crippen LogP contribution < -0.4 is 11.1 Å². The molecular weight excluding hydrogens is 388 g/mol. The van der Waals surface area contributed by atoms with E-state index in [4.69, 9.17) is 10.8 Å². The van der Waals surface area contributed by atoms with Crippen LogP contribution in [0.2, 0.25) is 0 Å². The predicted molar refractivity (Wildman–Crippen MR) is 124 cm³/mol. The number of nitrogens with one attached hydrogen (secondary N) is 1. The van der Waals surface area contributed by atoms with Crippen molar-refractivity contribution in [3.8, 4) is 0 Å². The number of pyridine rings is 1. The molecule has 7 nitrogen and oxygen atoms in total. The molecule has 0 spiro atoms. The average molecular weight is 410 g/mol. The Morgan fingerprint density at radius 3 is 2.81 bits per heavy atom. The third-order valence-electron chi connectivity index (χ3n) is 5.60. The van der Waals surface area contributed by atoms with Gasteiger partial charge in [0.1, 0.15) is 17.4 Å². The van der Waals surface area contributed by atoms with E-state index in [1.54, 1.807) is 10.9 Å². The second-order valence-electron chi connectivity index (χ2n) is 7.66. The number of amides is 1. The van der Waals surface area contributed by atoms with Gasteiger partial charge in [0.25, 0.3) is 0 Å². The van der Waals surface area contributed by atoms with Crippen molar-refractivity contribution in [2.75, 3.05) is 12.3 Å². The second-order valence-corrected chi connectivity index (χ2v) is 7.66. The van der Waals surface area contributed by atoms with Crippen molar-refractivity contribution in [2.45, 2.75) is 19.5 Å². The van der Waals surface area contributed by atoms with Crippen LogP contribution in [0.25, 0.3) is 27.4 Å². The van der Waals surface area contributed by atoms with Crippen molar-refractivity contribution in [3.63, 3.8) is 0 Å². The Kier molecular flexibility index (Phi) is 4.71. The van der Waals surface area contributed by atoms with Gasteiger partial charge in [-0.3, -0.25) is 14.5 Å². The number of fused-ring (bicyclic) bond motifs is 3. The van der Waals surface area contributed by atoms with E-state index in [-0.39, 0.29) is 5.91 Å². The lowest BCUT2D eigenvalue weighted by Gasteiger charge is -2.12. The molecule has 0 saturated heterocycles. The summed E-state index contributed by atoms with van der Waals surface area (Å²) in [5, 5.41) is 9.32. The van der Waals surface area contributed by atoms with Gasteiger partial charge in [-0.05, 0) is 41.8 Å². The molecule has 0 bridgehead atoms. The number of benzene rings is 2. The lowest BCUT2D eigenvalue weighted by Crippen LogP contribution is -2.30. The van der Waals surface area contributed by atoms with E-state index >= 15 is 0 Å². The highest BCUT2D eigenvalue weighted by Gasteiger charge is 2.19. The van der Waals surface area contributed by atoms with E-state index in [1.165, 1.54) is 0 Å². The highest BCUT2D eigenvalue weighted by Crippen LogP contribution is 2.30. The zero-order chi connectivity index (χ0) is 21.4. The van der Waals surface area contributed by atoms with E-state index in [1.807, 2.05) is 61.7 Å². The molecule has 5 rings (SSSR count). The van der Waals surface area contributed by atoms with E-state index in [0.29, 0.717) is 18.9 Å². The Morgan fingerprint density at radius 2 is 2.03 bits per heavy atom.